The quantitative estimate of drug-likeness (QED) is 0.651. The van der Waals surface area contributed by atoms with E-state index in [1.807, 2.05) is 0 Å². The van der Waals surface area contributed by atoms with E-state index < -0.39 is 11.7 Å². The van der Waals surface area contributed by atoms with Crippen LogP contribution < -0.4 is 4.87 Å². The molecular formula is C13H6ClF3N2OS2. The van der Waals surface area contributed by atoms with Gasteiger partial charge in [0.2, 0.25) is 0 Å². The predicted molar refractivity (Wildman–Crippen MR) is 82.5 cm³/mol. The molecule has 0 aliphatic heterocycles. The predicted octanol–water partition coefficient (Wildman–Crippen LogP) is 4.41. The number of thiol groups is 1. The number of benzene rings is 1. The van der Waals surface area contributed by atoms with Gasteiger partial charge in [0.05, 0.1) is 20.8 Å². The lowest BCUT2D eigenvalue weighted by Gasteiger charge is -2.09. The number of rotatable bonds is 1. The molecule has 2 aromatic heterocycles. The first kappa shape index (κ1) is 15.4. The van der Waals surface area contributed by atoms with E-state index in [9.17, 15) is 18.0 Å². The number of halogens is 4. The minimum absolute atomic E-state index is 0.0298. The van der Waals surface area contributed by atoms with Crippen LogP contribution >= 0.6 is 35.6 Å². The van der Waals surface area contributed by atoms with Crippen LogP contribution in [0.25, 0.3) is 16.0 Å². The Bertz CT molecular complexity index is 933. The SMILES string of the molecule is O=c1sc2cc(S)ccc2n1-c1ncc(C(F)(F)F)cc1Cl. The van der Waals surface area contributed by atoms with E-state index in [0.717, 1.165) is 17.4 Å². The number of pyridine rings is 1. The van der Waals surface area contributed by atoms with Crippen LogP contribution in [0.15, 0.2) is 40.2 Å². The van der Waals surface area contributed by atoms with Gasteiger partial charge in [-0.1, -0.05) is 22.9 Å². The first-order valence-electron chi connectivity index (χ1n) is 5.85. The van der Waals surface area contributed by atoms with Crippen LogP contribution in [0.3, 0.4) is 0 Å². The number of alkyl halides is 3. The fourth-order valence-corrected chi connectivity index (χ4v) is 3.41. The first-order chi connectivity index (χ1) is 10.3. The van der Waals surface area contributed by atoms with Crippen molar-refractivity contribution in [3.05, 3.63) is 50.7 Å². The van der Waals surface area contributed by atoms with E-state index >= 15 is 0 Å². The Morgan fingerprint density at radius 2 is 2.00 bits per heavy atom. The fraction of sp³-hybridized carbons (Fsp3) is 0.0769. The molecule has 0 radical (unpaired) electrons. The third-order valence-electron chi connectivity index (χ3n) is 2.93. The van der Waals surface area contributed by atoms with Gasteiger partial charge in [0.25, 0.3) is 0 Å². The molecule has 0 unspecified atom stereocenters. The molecule has 2 heterocycles. The Kier molecular flexibility index (Phi) is 3.70. The monoisotopic (exact) mass is 362 g/mol. The summed E-state index contributed by atoms with van der Waals surface area (Å²) in [5.41, 5.74) is -0.451. The molecule has 0 N–H and O–H groups in total. The maximum absolute atomic E-state index is 12.6. The standard InChI is InChI=1S/C13H6ClF3N2OS2/c14-8-3-6(13(15,16)17)5-18-11(8)19-9-2-1-7(21)4-10(9)22-12(19)20/h1-5,21H. The van der Waals surface area contributed by atoms with Gasteiger partial charge < -0.3 is 0 Å². The average Bonchev–Trinajstić information content (AvgIpc) is 2.72. The van der Waals surface area contributed by atoms with Crippen molar-refractivity contribution >= 4 is 45.8 Å². The van der Waals surface area contributed by atoms with Crippen LogP contribution in [0.2, 0.25) is 5.02 Å². The van der Waals surface area contributed by atoms with Gasteiger partial charge >= 0.3 is 11.0 Å². The second-order valence-electron chi connectivity index (χ2n) is 4.38. The third-order valence-corrected chi connectivity index (χ3v) is 4.39. The van der Waals surface area contributed by atoms with Gasteiger partial charge in [-0.2, -0.15) is 13.2 Å². The van der Waals surface area contributed by atoms with Crippen LogP contribution in [0.5, 0.6) is 0 Å². The second-order valence-corrected chi connectivity index (χ2v) is 6.30. The summed E-state index contributed by atoms with van der Waals surface area (Å²) in [6.45, 7) is 0. The summed E-state index contributed by atoms with van der Waals surface area (Å²) in [6, 6.07) is 5.77. The van der Waals surface area contributed by atoms with E-state index in [1.54, 1.807) is 18.2 Å². The lowest BCUT2D eigenvalue weighted by molar-refractivity contribution is -0.137. The fourth-order valence-electron chi connectivity index (χ4n) is 1.96. The molecule has 114 valence electrons. The van der Waals surface area contributed by atoms with Gasteiger partial charge in [-0.05, 0) is 24.3 Å². The lowest BCUT2D eigenvalue weighted by atomic mass is 10.2. The van der Waals surface area contributed by atoms with E-state index in [1.165, 1.54) is 4.57 Å². The lowest BCUT2D eigenvalue weighted by Crippen LogP contribution is -2.14. The Morgan fingerprint density at radius 1 is 1.27 bits per heavy atom. The normalized spacial score (nSPS) is 12.0. The summed E-state index contributed by atoms with van der Waals surface area (Å²) in [4.78, 5) is 16.1. The summed E-state index contributed by atoms with van der Waals surface area (Å²) in [5, 5.41) is -0.244. The van der Waals surface area contributed by atoms with Crippen molar-refractivity contribution in [3.63, 3.8) is 0 Å². The van der Waals surface area contributed by atoms with Gasteiger partial charge in [0.15, 0.2) is 5.82 Å². The Hall–Kier alpha value is -1.51. The van der Waals surface area contributed by atoms with Gasteiger partial charge in [0.1, 0.15) is 0 Å². The summed E-state index contributed by atoms with van der Waals surface area (Å²) < 4.78 is 39.8. The molecule has 0 fully saturated rings. The molecule has 0 bridgehead atoms. The minimum Gasteiger partial charge on any atom is -0.256 e. The summed E-state index contributed by atoms with van der Waals surface area (Å²) in [6.07, 6.45) is -3.89. The summed E-state index contributed by atoms with van der Waals surface area (Å²) in [5.74, 6) is -0.0298. The van der Waals surface area contributed by atoms with Crippen LogP contribution in [0.1, 0.15) is 5.56 Å². The zero-order chi connectivity index (χ0) is 16.1. The van der Waals surface area contributed by atoms with E-state index in [-0.39, 0.29) is 15.7 Å². The molecule has 3 aromatic rings. The molecule has 9 heteroatoms. The highest BCUT2D eigenvalue weighted by Gasteiger charge is 2.32. The maximum Gasteiger partial charge on any atom is 0.417 e. The van der Waals surface area contributed by atoms with E-state index in [0.29, 0.717) is 21.3 Å². The smallest absolute Gasteiger partial charge is 0.256 e. The molecule has 3 rings (SSSR count). The maximum atomic E-state index is 12.6. The van der Waals surface area contributed by atoms with Crippen molar-refractivity contribution in [2.24, 2.45) is 0 Å². The van der Waals surface area contributed by atoms with Gasteiger partial charge in [0, 0.05) is 11.1 Å². The third kappa shape index (κ3) is 2.62. The molecule has 0 atom stereocenters. The summed E-state index contributed by atoms with van der Waals surface area (Å²) in [7, 11) is 0. The first-order valence-corrected chi connectivity index (χ1v) is 7.49. The highest BCUT2D eigenvalue weighted by molar-refractivity contribution is 7.80. The van der Waals surface area contributed by atoms with Crippen LogP contribution in [0.4, 0.5) is 13.2 Å². The van der Waals surface area contributed by atoms with Crippen molar-refractivity contribution in [1.82, 2.24) is 9.55 Å². The summed E-state index contributed by atoms with van der Waals surface area (Å²) >= 11 is 11.0. The largest absolute Gasteiger partial charge is 0.417 e. The molecule has 0 amide bonds. The zero-order valence-corrected chi connectivity index (χ0v) is 13.0. The molecule has 0 aliphatic carbocycles. The molecule has 0 saturated carbocycles. The molecule has 0 spiro atoms. The van der Waals surface area contributed by atoms with Crippen molar-refractivity contribution in [3.8, 4) is 5.82 Å². The average molecular weight is 363 g/mol. The Morgan fingerprint density at radius 3 is 2.64 bits per heavy atom. The van der Waals surface area contributed by atoms with Crippen LogP contribution in [-0.4, -0.2) is 9.55 Å². The molecule has 3 nitrogen and oxygen atoms in total. The molecule has 22 heavy (non-hydrogen) atoms. The van der Waals surface area contributed by atoms with Crippen molar-refractivity contribution in [1.29, 1.82) is 0 Å². The van der Waals surface area contributed by atoms with Crippen LogP contribution in [-0.2, 0) is 6.18 Å². The number of hydrogen-bond donors (Lipinski definition) is 1. The van der Waals surface area contributed by atoms with Crippen molar-refractivity contribution in [2.45, 2.75) is 11.1 Å². The van der Waals surface area contributed by atoms with Crippen molar-refractivity contribution < 1.29 is 13.2 Å². The molecule has 0 saturated heterocycles. The van der Waals surface area contributed by atoms with Gasteiger partial charge in [-0.15, -0.1) is 12.6 Å². The van der Waals surface area contributed by atoms with Crippen LogP contribution in [0, 0.1) is 0 Å². The number of thiazole rings is 1. The van der Waals surface area contributed by atoms with E-state index in [2.05, 4.69) is 17.6 Å². The zero-order valence-electron chi connectivity index (χ0n) is 10.6. The minimum atomic E-state index is -4.54. The number of aromatic nitrogens is 2. The van der Waals surface area contributed by atoms with E-state index in [4.69, 9.17) is 11.6 Å². The number of nitrogens with zero attached hydrogens (tertiary/aromatic N) is 2. The molecule has 0 aliphatic rings. The molecule has 1 aromatic carbocycles. The highest BCUT2D eigenvalue weighted by atomic mass is 35.5. The number of hydrogen-bond acceptors (Lipinski definition) is 4. The molecular weight excluding hydrogens is 357 g/mol. The highest BCUT2D eigenvalue weighted by Crippen LogP contribution is 2.33. The van der Waals surface area contributed by atoms with Gasteiger partial charge in [-0.25, -0.2) is 9.55 Å². The second kappa shape index (κ2) is 5.29. The Labute approximate surface area is 136 Å². The number of fused-ring (bicyclic) bond motifs is 1. The Balaban J connectivity index is 2.24. The van der Waals surface area contributed by atoms with Gasteiger partial charge in [-0.3, -0.25) is 4.79 Å². The topological polar surface area (TPSA) is 34.9 Å². The van der Waals surface area contributed by atoms with Crippen molar-refractivity contribution in [2.75, 3.05) is 0 Å².